The number of benzene rings is 2. The Bertz CT molecular complexity index is 1360. The Morgan fingerprint density at radius 1 is 1.09 bits per heavy atom. The van der Waals surface area contributed by atoms with Crippen LogP contribution in [0.5, 0.6) is 0 Å². The van der Waals surface area contributed by atoms with Crippen LogP contribution in [0.25, 0.3) is 5.78 Å². The first-order valence-corrected chi connectivity index (χ1v) is 11.0. The molecule has 7 nitrogen and oxygen atoms in total. The van der Waals surface area contributed by atoms with Gasteiger partial charge in [-0.2, -0.15) is 9.50 Å². The highest BCUT2D eigenvalue weighted by molar-refractivity contribution is 6.06. The van der Waals surface area contributed by atoms with Gasteiger partial charge >= 0.3 is 0 Å². The second-order valence-corrected chi connectivity index (χ2v) is 8.10. The zero-order valence-electron chi connectivity index (χ0n) is 18.9. The van der Waals surface area contributed by atoms with Crippen molar-refractivity contribution in [2.75, 3.05) is 4.90 Å². The van der Waals surface area contributed by atoms with E-state index in [1.54, 1.807) is 31.2 Å². The van der Waals surface area contributed by atoms with E-state index in [1.165, 1.54) is 21.5 Å². The van der Waals surface area contributed by atoms with Gasteiger partial charge in [0, 0.05) is 11.1 Å². The number of carbonyl (C=O) groups is 1. The van der Waals surface area contributed by atoms with Gasteiger partial charge in [-0.3, -0.25) is 19.6 Å². The normalized spacial score (nSPS) is 11.2. The van der Waals surface area contributed by atoms with Crippen LogP contribution in [-0.4, -0.2) is 25.5 Å². The van der Waals surface area contributed by atoms with Crippen LogP contribution in [0.1, 0.15) is 52.5 Å². The fourth-order valence-electron chi connectivity index (χ4n) is 3.78. The Kier molecular flexibility index (Phi) is 6.35. The molecule has 2 heterocycles. The Hall–Kier alpha value is -3.81. The summed E-state index contributed by atoms with van der Waals surface area (Å²) in [5.74, 6) is -0.240. The summed E-state index contributed by atoms with van der Waals surface area (Å²) in [6.07, 6.45) is 2.48. The lowest BCUT2D eigenvalue weighted by Gasteiger charge is -2.20. The molecule has 0 saturated heterocycles. The van der Waals surface area contributed by atoms with E-state index < -0.39 is 0 Å². The highest BCUT2D eigenvalue weighted by Crippen LogP contribution is 2.20. The SMILES string of the molecule is CCCCc1c(C)nc2nc(N(Cc3ccc(F)cc3)C(=O)c3ccccc3C)[nH]n2c1=O. The van der Waals surface area contributed by atoms with Crippen molar-refractivity contribution in [1.29, 1.82) is 0 Å². The van der Waals surface area contributed by atoms with E-state index in [4.69, 9.17) is 0 Å². The van der Waals surface area contributed by atoms with Gasteiger partial charge in [-0.25, -0.2) is 9.37 Å². The topological polar surface area (TPSA) is 83.4 Å². The summed E-state index contributed by atoms with van der Waals surface area (Å²) in [6, 6.07) is 13.2. The lowest BCUT2D eigenvalue weighted by molar-refractivity contribution is 0.0983. The third-order valence-corrected chi connectivity index (χ3v) is 5.69. The summed E-state index contributed by atoms with van der Waals surface area (Å²) >= 11 is 0. The largest absolute Gasteiger partial charge is 0.277 e. The number of hydrogen-bond acceptors (Lipinski definition) is 4. The first-order chi connectivity index (χ1) is 15.9. The van der Waals surface area contributed by atoms with Crippen LogP contribution in [0.2, 0.25) is 0 Å². The monoisotopic (exact) mass is 447 g/mol. The minimum absolute atomic E-state index is 0.143. The van der Waals surface area contributed by atoms with Crippen LogP contribution in [0.3, 0.4) is 0 Å². The average Bonchev–Trinajstić information content (AvgIpc) is 3.22. The molecule has 0 unspecified atom stereocenters. The Labute approximate surface area is 190 Å². The van der Waals surface area contributed by atoms with E-state index in [0.29, 0.717) is 23.2 Å². The number of aryl methyl sites for hydroxylation is 2. The van der Waals surface area contributed by atoms with Gasteiger partial charge in [0.2, 0.25) is 5.95 Å². The number of aromatic nitrogens is 4. The molecule has 0 saturated carbocycles. The van der Waals surface area contributed by atoms with Gasteiger partial charge in [0.25, 0.3) is 17.2 Å². The summed E-state index contributed by atoms with van der Waals surface area (Å²) < 4.78 is 14.7. The zero-order valence-corrected chi connectivity index (χ0v) is 18.9. The number of unbranched alkanes of at least 4 members (excludes halogenated alkanes) is 1. The van der Waals surface area contributed by atoms with Gasteiger partial charge in [-0.05, 0) is 56.0 Å². The van der Waals surface area contributed by atoms with Crippen molar-refractivity contribution in [2.24, 2.45) is 0 Å². The molecule has 2 aromatic carbocycles. The molecule has 33 heavy (non-hydrogen) atoms. The summed E-state index contributed by atoms with van der Waals surface area (Å²) in [4.78, 5) is 37.1. The second kappa shape index (κ2) is 9.36. The number of anilines is 1. The van der Waals surface area contributed by atoms with Crippen molar-refractivity contribution in [2.45, 2.75) is 46.6 Å². The van der Waals surface area contributed by atoms with Crippen molar-refractivity contribution in [3.8, 4) is 0 Å². The number of aromatic amines is 1. The van der Waals surface area contributed by atoms with Gasteiger partial charge in [0.15, 0.2) is 0 Å². The summed E-state index contributed by atoms with van der Waals surface area (Å²) in [5, 5.41) is 2.97. The number of carbonyl (C=O) groups excluding carboxylic acids is 1. The molecular formula is C25H26FN5O2. The van der Waals surface area contributed by atoms with Crippen LogP contribution in [0.15, 0.2) is 53.3 Å². The summed E-state index contributed by atoms with van der Waals surface area (Å²) in [7, 11) is 0. The third-order valence-electron chi connectivity index (χ3n) is 5.69. The smallest absolute Gasteiger partial charge is 0.272 e. The zero-order chi connectivity index (χ0) is 23.5. The van der Waals surface area contributed by atoms with E-state index in [1.807, 2.05) is 19.1 Å². The molecule has 0 atom stereocenters. The van der Waals surface area contributed by atoms with Crippen LogP contribution >= 0.6 is 0 Å². The number of amides is 1. The quantitative estimate of drug-likeness (QED) is 0.456. The van der Waals surface area contributed by atoms with Crippen molar-refractivity contribution in [3.05, 3.63) is 92.6 Å². The molecule has 0 spiro atoms. The van der Waals surface area contributed by atoms with E-state index >= 15 is 0 Å². The molecule has 0 aliphatic rings. The number of fused-ring (bicyclic) bond motifs is 1. The van der Waals surface area contributed by atoms with Crippen LogP contribution < -0.4 is 10.5 Å². The summed E-state index contributed by atoms with van der Waals surface area (Å²) in [5.41, 5.74) is 3.12. The van der Waals surface area contributed by atoms with Gasteiger partial charge in [-0.1, -0.05) is 43.7 Å². The van der Waals surface area contributed by atoms with Crippen LogP contribution in [0, 0.1) is 19.7 Å². The maximum Gasteiger partial charge on any atom is 0.277 e. The lowest BCUT2D eigenvalue weighted by atomic mass is 10.1. The molecular weight excluding hydrogens is 421 g/mol. The van der Waals surface area contributed by atoms with Crippen LogP contribution in [0.4, 0.5) is 10.3 Å². The average molecular weight is 448 g/mol. The highest BCUT2D eigenvalue weighted by Gasteiger charge is 2.24. The predicted molar refractivity (Wildman–Crippen MR) is 125 cm³/mol. The molecule has 1 amide bonds. The molecule has 0 aliphatic heterocycles. The number of hydrogen-bond donors (Lipinski definition) is 1. The lowest BCUT2D eigenvalue weighted by Crippen LogP contribution is -2.32. The van der Waals surface area contributed by atoms with Crippen molar-refractivity contribution < 1.29 is 9.18 Å². The molecule has 170 valence electrons. The minimum atomic E-state index is -0.356. The molecule has 4 aromatic rings. The second-order valence-electron chi connectivity index (χ2n) is 8.10. The first kappa shape index (κ1) is 22.4. The molecule has 0 bridgehead atoms. The first-order valence-electron chi connectivity index (χ1n) is 11.0. The van der Waals surface area contributed by atoms with Crippen molar-refractivity contribution in [1.82, 2.24) is 19.6 Å². The van der Waals surface area contributed by atoms with Crippen molar-refractivity contribution in [3.63, 3.8) is 0 Å². The van der Waals surface area contributed by atoms with E-state index in [9.17, 15) is 14.0 Å². The van der Waals surface area contributed by atoms with E-state index in [-0.39, 0.29) is 35.6 Å². The maximum absolute atomic E-state index is 13.6. The molecule has 8 heteroatoms. The van der Waals surface area contributed by atoms with Gasteiger partial charge in [0.1, 0.15) is 5.82 Å². The Balaban J connectivity index is 1.81. The standard InChI is InChI=1S/C25H26FN5O2/c1-4-5-9-21-17(3)27-24-28-25(29-31(24)23(21)33)30(15-18-11-13-19(26)14-12-18)22(32)20-10-7-6-8-16(20)2/h6-8,10-14H,4-5,9,15H2,1-3H3,(H,27,28,29). The minimum Gasteiger partial charge on any atom is -0.272 e. The predicted octanol–water partition coefficient (Wildman–Crippen LogP) is 4.36. The fraction of sp³-hybridized carbons (Fsp3) is 0.280. The maximum atomic E-state index is 13.6. The molecule has 0 fully saturated rings. The van der Waals surface area contributed by atoms with Gasteiger partial charge < -0.3 is 0 Å². The fourth-order valence-corrected chi connectivity index (χ4v) is 3.78. The van der Waals surface area contributed by atoms with Gasteiger partial charge in [0.05, 0.1) is 12.2 Å². The van der Waals surface area contributed by atoms with E-state index in [2.05, 4.69) is 22.0 Å². The molecule has 4 rings (SSSR count). The molecule has 1 N–H and O–H groups in total. The van der Waals surface area contributed by atoms with Gasteiger partial charge in [-0.15, -0.1) is 0 Å². The van der Waals surface area contributed by atoms with Crippen molar-refractivity contribution >= 4 is 17.6 Å². The molecule has 0 aliphatic carbocycles. The third kappa shape index (κ3) is 4.55. The number of nitrogens with one attached hydrogen (secondary N) is 1. The highest BCUT2D eigenvalue weighted by atomic mass is 19.1. The molecule has 2 aromatic heterocycles. The Morgan fingerprint density at radius 3 is 2.52 bits per heavy atom. The van der Waals surface area contributed by atoms with Crippen LogP contribution in [-0.2, 0) is 13.0 Å². The Morgan fingerprint density at radius 2 is 1.82 bits per heavy atom. The molecule has 0 radical (unpaired) electrons. The summed E-state index contributed by atoms with van der Waals surface area (Å²) in [6.45, 7) is 5.87. The number of rotatable bonds is 7. The number of nitrogens with zero attached hydrogens (tertiary/aromatic N) is 4. The number of halogens is 1. The van der Waals surface area contributed by atoms with E-state index in [0.717, 1.165) is 24.0 Å². The number of H-pyrrole nitrogens is 1.